The molecule has 1 atom stereocenters. The summed E-state index contributed by atoms with van der Waals surface area (Å²) in [5.74, 6) is 2.29. The number of rotatable bonds is 8. The van der Waals surface area contributed by atoms with Crippen LogP contribution in [0.25, 0.3) is 16.9 Å². The summed E-state index contributed by atoms with van der Waals surface area (Å²) in [5, 5.41) is 31.8. The minimum absolute atomic E-state index is 0.365. The van der Waals surface area contributed by atoms with Gasteiger partial charge >= 0.3 is 6.09 Å². The standard InChI is InChI=1S/C24H23ClN10O2/c1-26-20-12-15(17-7-9-27-23(29-17)31-19-8-10-28-34(19)2)13-21-32-33-22(35(20)21)18(30-24(36)37)11-14-3-5-16(25)6-4-14/h3-10,12-13,18,26,30H,11H2,1-2H3,(H,36,37)(H,27,29,31). The lowest BCUT2D eigenvalue weighted by Gasteiger charge is -2.17. The number of anilines is 3. The van der Waals surface area contributed by atoms with Crippen molar-refractivity contribution in [2.24, 2.45) is 7.05 Å². The zero-order chi connectivity index (χ0) is 25.9. The molecule has 0 saturated heterocycles. The molecule has 0 aliphatic carbocycles. The zero-order valence-corrected chi connectivity index (χ0v) is 20.7. The smallest absolute Gasteiger partial charge is 0.405 e. The van der Waals surface area contributed by atoms with Gasteiger partial charge in [0.2, 0.25) is 5.95 Å². The number of nitrogens with zero attached hydrogens (tertiary/aromatic N) is 7. The lowest BCUT2D eigenvalue weighted by molar-refractivity contribution is 0.189. The van der Waals surface area contributed by atoms with Crippen LogP contribution in [0.15, 0.2) is 60.9 Å². The van der Waals surface area contributed by atoms with Crippen LogP contribution < -0.4 is 16.0 Å². The topological polar surface area (TPSA) is 147 Å². The molecule has 4 heterocycles. The second-order valence-electron chi connectivity index (χ2n) is 8.19. The molecule has 0 saturated carbocycles. The van der Waals surface area contributed by atoms with Gasteiger partial charge in [0, 0.05) is 43.4 Å². The molecule has 5 rings (SSSR count). The first-order valence-corrected chi connectivity index (χ1v) is 11.7. The summed E-state index contributed by atoms with van der Waals surface area (Å²) in [6.45, 7) is 0. The molecule has 1 aromatic carbocycles. The minimum atomic E-state index is -1.16. The fraction of sp³-hybridized carbons (Fsp3) is 0.167. The molecule has 0 fully saturated rings. The number of halogens is 1. The van der Waals surface area contributed by atoms with Crippen molar-refractivity contribution in [3.8, 4) is 11.3 Å². The third-order valence-electron chi connectivity index (χ3n) is 5.76. The van der Waals surface area contributed by atoms with Gasteiger partial charge in [0.25, 0.3) is 0 Å². The van der Waals surface area contributed by atoms with Gasteiger partial charge in [-0.2, -0.15) is 5.10 Å². The number of nitrogens with one attached hydrogen (secondary N) is 3. The van der Waals surface area contributed by atoms with Crippen LogP contribution in [0.2, 0.25) is 5.02 Å². The number of carbonyl (C=O) groups is 1. The lowest BCUT2D eigenvalue weighted by atomic mass is 10.1. The third-order valence-corrected chi connectivity index (χ3v) is 6.01. The van der Waals surface area contributed by atoms with E-state index in [-0.39, 0.29) is 0 Å². The second-order valence-corrected chi connectivity index (χ2v) is 8.63. The highest BCUT2D eigenvalue weighted by Gasteiger charge is 2.23. The number of amides is 1. The van der Waals surface area contributed by atoms with Gasteiger partial charge in [-0.3, -0.25) is 9.08 Å². The van der Waals surface area contributed by atoms with E-state index in [1.807, 2.05) is 37.4 Å². The fourth-order valence-corrected chi connectivity index (χ4v) is 4.13. The Balaban J connectivity index is 1.52. The van der Waals surface area contributed by atoms with Gasteiger partial charge in [-0.15, -0.1) is 10.2 Å². The maximum Gasteiger partial charge on any atom is 0.405 e. The van der Waals surface area contributed by atoms with Crippen molar-refractivity contribution in [1.82, 2.24) is 39.7 Å². The summed E-state index contributed by atoms with van der Waals surface area (Å²) in [5.41, 5.74) is 2.89. The molecule has 188 valence electrons. The highest BCUT2D eigenvalue weighted by atomic mass is 35.5. The number of benzene rings is 1. The first-order chi connectivity index (χ1) is 17.9. The van der Waals surface area contributed by atoms with Crippen molar-refractivity contribution in [2.45, 2.75) is 12.5 Å². The van der Waals surface area contributed by atoms with E-state index < -0.39 is 12.1 Å². The molecule has 5 aromatic rings. The quantitative estimate of drug-likeness (QED) is 0.240. The summed E-state index contributed by atoms with van der Waals surface area (Å²) in [6.07, 6.45) is 2.55. The molecule has 4 N–H and O–H groups in total. The summed E-state index contributed by atoms with van der Waals surface area (Å²) in [7, 11) is 3.60. The van der Waals surface area contributed by atoms with Crippen molar-refractivity contribution in [2.75, 3.05) is 17.7 Å². The summed E-state index contributed by atoms with van der Waals surface area (Å²) in [4.78, 5) is 20.6. The predicted octanol–water partition coefficient (Wildman–Crippen LogP) is 3.91. The van der Waals surface area contributed by atoms with Crippen LogP contribution in [0.5, 0.6) is 0 Å². The van der Waals surface area contributed by atoms with Gasteiger partial charge in [-0.05, 0) is 35.9 Å². The Labute approximate surface area is 216 Å². The molecule has 4 aromatic heterocycles. The number of hydrogen-bond acceptors (Lipinski definition) is 8. The monoisotopic (exact) mass is 518 g/mol. The highest BCUT2D eigenvalue weighted by Crippen LogP contribution is 2.28. The van der Waals surface area contributed by atoms with Gasteiger partial charge in [-0.1, -0.05) is 23.7 Å². The molecule has 1 unspecified atom stereocenters. The Kier molecular flexibility index (Phi) is 6.56. The van der Waals surface area contributed by atoms with Crippen LogP contribution in [0.1, 0.15) is 17.4 Å². The maximum absolute atomic E-state index is 11.6. The van der Waals surface area contributed by atoms with E-state index in [9.17, 15) is 9.90 Å². The number of pyridine rings is 1. The lowest BCUT2D eigenvalue weighted by Crippen LogP contribution is -2.30. The van der Waals surface area contributed by atoms with Gasteiger partial charge in [-0.25, -0.2) is 14.8 Å². The number of aromatic nitrogens is 7. The van der Waals surface area contributed by atoms with Gasteiger partial charge < -0.3 is 21.1 Å². The second kappa shape index (κ2) is 10.1. The van der Waals surface area contributed by atoms with E-state index in [0.717, 1.165) is 16.9 Å². The van der Waals surface area contributed by atoms with Crippen molar-refractivity contribution in [3.63, 3.8) is 0 Å². The van der Waals surface area contributed by atoms with Crippen LogP contribution in [-0.2, 0) is 13.5 Å². The number of aryl methyl sites for hydroxylation is 1. The van der Waals surface area contributed by atoms with Crippen molar-refractivity contribution >= 4 is 40.9 Å². The molecule has 12 nitrogen and oxygen atoms in total. The van der Waals surface area contributed by atoms with Gasteiger partial charge in [0.15, 0.2) is 11.5 Å². The largest absolute Gasteiger partial charge is 0.465 e. The highest BCUT2D eigenvalue weighted by molar-refractivity contribution is 6.30. The Morgan fingerprint density at radius 1 is 1.08 bits per heavy atom. The average Bonchev–Trinajstić information content (AvgIpc) is 3.50. The Morgan fingerprint density at radius 3 is 2.59 bits per heavy atom. The van der Waals surface area contributed by atoms with Crippen LogP contribution in [-0.4, -0.2) is 52.6 Å². The molecule has 0 spiro atoms. The van der Waals surface area contributed by atoms with E-state index in [1.54, 1.807) is 46.7 Å². The number of fused-ring (bicyclic) bond motifs is 1. The molecule has 0 bridgehead atoms. The summed E-state index contributed by atoms with van der Waals surface area (Å²) < 4.78 is 3.47. The molecule has 13 heteroatoms. The van der Waals surface area contributed by atoms with Crippen LogP contribution in [0.4, 0.5) is 22.4 Å². The van der Waals surface area contributed by atoms with Crippen molar-refractivity contribution in [1.29, 1.82) is 0 Å². The first-order valence-electron chi connectivity index (χ1n) is 11.3. The van der Waals surface area contributed by atoms with Crippen LogP contribution >= 0.6 is 11.6 Å². The van der Waals surface area contributed by atoms with Crippen LogP contribution in [0.3, 0.4) is 0 Å². The summed E-state index contributed by atoms with van der Waals surface area (Å²) >= 11 is 6.01. The van der Waals surface area contributed by atoms with Crippen molar-refractivity contribution < 1.29 is 9.90 Å². The molecular formula is C24H23ClN10O2. The van der Waals surface area contributed by atoms with E-state index in [2.05, 4.69) is 41.2 Å². The summed E-state index contributed by atoms with van der Waals surface area (Å²) in [6, 6.07) is 13.9. The SMILES string of the molecule is CNc1cc(-c2ccnc(Nc3ccnn3C)n2)cc2nnc(C(Cc3ccc(Cl)cc3)NC(=O)O)n12. The normalized spacial score (nSPS) is 11.9. The first kappa shape index (κ1) is 24.0. The van der Waals surface area contributed by atoms with E-state index >= 15 is 0 Å². The Morgan fingerprint density at radius 2 is 1.89 bits per heavy atom. The minimum Gasteiger partial charge on any atom is -0.465 e. The van der Waals surface area contributed by atoms with Gasteiger partial charge in [0.05, 0.1) is 17.9 Å². The van der Waals surface area contributed by atoms with E-state index in [4.69, 9.17) is 11.6 Å². The molecule has 0 aliphatic rings. The number of carboxylic acid groups (broad SMARTS) is 1. The van der Waals surface area contributed by atoms with Crippen LogP contribution in [0, 0.1) is 0 Å². The van der Waals surface area contributed by atoms with Crippen molar-refractivity contribution in [3.05, 3.63) is 77.3 Å². The Bertz CT molecular complexity index is 1560. The zero-order valence-electron chi connectivity index (χ0n) is 19.9. The molecular weight excluding hydrogens is 496 g/mol. The fourth-order valence-electron chi connectivity index (χ4n) is 4.00. The van der Waals surface area contributed by atoms with E-state index in [0.29, 0.717) is 40.4 Å². The number of hydrogen-bond donors (Lipinski definition) is 4. The molecule has 0 aliphatic heterocycles. The average molecular weight is 519 g/mol. The van der Waals surface area contributed by atoms with Gasteiger partial charge in [0.1, 0.15) is 11.6 Å². The van der Waals surface area contributed by atoms with E-state index in [1.165, 1.54) is 0 Å². The Hall–Kier alpha value is -4.71. The third kappa shape index (κ3) is 5.14. The molecule has 37 heavy (non-hydrogen) atoms. The predicted molar refractivity (Wildman–Crippen MR) is 139 cm³/mol. The maximum atomic E-state index is 11.6. The molecule has 1 amide bonds. The molecule has 0 radical (unpaired) electrons.